The Bertz CT molecular complexity index is 788. The summed E-state index contributed by atoms with van der Waals surface area (Å²) < 4.78 is 0. The van der Waals surface area contributed by atoms with Gasteiger partial charge in [0.2, 0.25) is 11.8 Å². The monoisotopic (exact) mass is 369 g/mol. The number of carbonyl (C=O) groups is 2. The van der Waals surface area contributed by atoms with Gasteiger partial charge in [-0.15, -0.1) is 11.8 Å². The molecule has 136 valence electrons. The summed E-state index contributed by atoms with van der Waals surface area (Å²) in [5.41, 5.74) is 2.42. The Labute approximate surface area is 157 Å². The summed E-state index contributed by atoms with van der Waals surface area (Å²) in [5.74, 6) is 0.171. The average molecular weight is 369 g/mol. The van der Waals surface area contributed by atoms with E-state index in [1.807, 2.05) is 61.7 Å². The number of carbonyl (C=O) groups excluding carboxylic acids is 2. The number of anilines is 3. The van der Waals surface area contributed by atoms with Gasteiger partial charge < -0.3 is 16.0 Å². The smallest absolute Gasteiger partial charge is 0.246 e. The lowest BCUT2D eigenvalue weighted by Gasteiger charge is -2.17. The molecule has 0 aliphatic heterocycles. The number of benzene rings is 2. The number of thioether (sulfide) groups is 1. The summed E-state index contributed by atoms with van der Waals surface area (Å²) in [6.45, 7) is 1.82. The van der Waals surface area contributed by atoms with Gasteiger partial charge >= 0.3 is 0 Å². The zero-order valence-electron chi connectivity index (χ0n) is 14.9. The van der Waals surface area contributed by atoms with E-state index in [2.05, 4.69) is 16.0 Å². The molecule has 3 N–H and O–H groups in total. The molecule has 3 rings (SSSR count). The fourth-order valence-electron chi connectivity index (χ4n) is 2.54. The number of hydrogen-bond acceptors (Lipinski definition) is 4. The second-order valence-corrected chi connectivity index (χ2v) is 7.24. The summed E-state index contributed by atoms with van der Waals surface area (Å²) in [4.78, 5) is 25.2. The van der Waals surface area contributed by atoms with Crippen LogP contribution in [0.5, 0.6) is 0 Å². The Morgan fingerprint density at radius 3 is 2.31 bits per heavy atom. The molecule has 0 saturated heterocycles. The van der Waals surface area contributed by atoms with Crippen molar-refractivity contribution in [2.75, 3.05) is 22.2 Å². The van der Waals surface area contributed by atoms with Crippen LogP contribution in [0.3, 0.4) is 0 Å². The Morgan fingerprint density at radius 1 is 1.00 bits per heavy atom. The van der Waals surface area contributed by atoms with E-state index < -0.39 is 6.04 Å². The molecule has 2 aromatic rings. The maximum absolute atomic E-state index is 12.4. The SMILES string of the molecule is CSc1ccccc1NC(=O)C(C)Nc1ccc(NC(=O)C2CC2)cc1. The number of para-hydroxylation sites is 1. The van der Waals surface area contributed by atoms with Crippen molar-refractivity contribution in [2.24, 2.45) is 5.92 Å². The minimum Gasteiger partial charge on any atom is -0.374 e. The first-order valence-corrected chi connectivity index (χ1v) is 9.90. The molecule has 1 aliphatic rings. The van der Waals surface area contributed by atoms with Crippen LogP contribution in [0, 0.1) is 5.92 Å². The lowest BCUT2D eigenvalue weighted by molar-refractivity contribution is -0.117. The Morgan fingerprint density at radius 2 is 1.65 bits per heavy atom. The Hall–Kier alpha value is -2.47. The van der Waals surface area contributed by atoms with E-state index in [0.717, 1.165) is 34.8 Å². The van der Waals surface area contributed by atoms with Crippen LogP contribution in [0.25, 0.3) is 0 Å². The van der Waals surface area contributed by atoms with Gasteiger partial charge in [-0.3, -0.25) is 9.59 Å². The Balaban J connectivity index is 1.55. The quantitative estimate of drug-likeness (QED) is 0.640. The molecule has 2 amide bonds. The molecular formula is C20H23N3O2S. The van der Waals surface area contributed by atoms with Gasteiger partial charge in [0, 0.05) is 22.2 Å². The largest absolute Gasteiger partial charge is 0.374 e. The molecule has 0 spiro atoms. The van der Waals surface area contributed by atoms with Crippen LogP contribution in [-0.2, 0) is 9.59 Å². The predicted molar refractivity (Wildman–Crippen MR) is 108 cm³/mol. The second-order valence-electron chi connectivity index (χ2n) is 6.40. The highest BCUT2D eigenvalue weighted by molar-refractivity contribution is 7.98. The molecule has 2 aromatic carbocycles. The summed E-state index contributed by atoms with van der Waals surface area (Å²) in [6.07, 6.45) is 3.95. The van der Waals surface area contributed by atoms with Crippen molar-refractivity contribution in [1.82, 2.24) is 0 Å². The van der Waals surface area contributed by atoms with Crippen molar-refractivity contribution < 1.29 is 9.59 Å². The molecule has 5 nitrogen and oxygen atoms in total. The van der Waals surface area contributed by atoms with Crippen LogP contribution >= 0.6 is 11.8 Å². The molecule has 1 fully saturated rings. The third kappa shape index (κ3) is 4.79. The van der Waals surface area contributed by atoms with Crippen molar-refractivity contribution >= 4 is 40.6 Å². The van der Waals surface area contributed by atoms with Crippen LogP contribution < -0.4 is 16.0 Å². The fourth-order valence-corrected chi connectivity index (χ4v) is 3.10. The molecule has 1 saturated carbocycles. The molecule has 0 bridgehead atoms. The summed E-state index contributed by atoms with van der Waals surface area (Å²) >= 11 is 1.60. The van der Waals surface area contributed by atoms with Crippen LogP contribution in [0.4, 0.5) is 17.1 Å². The van der Waals surface area contributed by atoms with Gasteiger partial charge in [-0.05, 0) is 62.4 Å². The van der Waals surface area contributed by atoms with Gasteiger partial charge in [0.25, 0.3) is 0 Å². The third-order valence-electron chi connectivity index (χ3n) is 4.24. The lowest BCUT2D eigenvalue weighted by atomic mass is 10.2. The first-order chi connectivity index (χ1) is 12.6. The summed E-state index contributed by atoms with van der Waals surface area (Å²) in [5, 5.41) is 9.05. The number of hydrogen-bond donors (Lipinski definition) is 3. The molecule has 0 radical (unpaired) electrons. The van der Waals surface area contributed by atoms with Crippen molar-refractivity contribution in [1.29, 1.82) is 0 Å². The predicted octanol–water partition coefficient (Wildman–Crippen LogP) is 4.20. The topological polar surface area (TPSA) is 70.2 Å². The molecule has 1 aliphatic carbocycles. The molecule has 26 heavy (non-hydrogen) atoms. The van der Waals surface area contributed by atoms with E-state index in [0.29, 0.717) is 0 Å². The zero-order chi connectivity index (χ0) is 18.5. The van der Waals surface area contributed by atoms with Crippen LogP contribution in [0.2, 0.25) is 0 Å². The van der Waals surface area contributed by atoms with E-state index in [1.165, 1.54) is 0 Å². The summed E-state index contributed by atoms with van der Waals surface area (Å²) in [6, 6.07) is 14.8. The van der Waals surface area contributed by atoms with Crippen LogP contribution in [0.15, 0.2) is 53.4 Å². The molecule has 1 atom stereocenters. The normalized spacial score (nSPS) is 14.4. The van der Waals surface area contributed by atoms with Gasteiger partial charge in [-0.1, -0.05) is 12.1 Å². The van der Waals surface area contributed by atoms with Gasteiger partial charge in [0.05, 0.1) is 5.69 Å². The maximum atomic E-state index is 12.4. The van der Waals surface area contributed by atoms with Crippen LogP contribution in [-0.4, -0.2) is 24.1 Å². The second kappa shape index (κ2) is 8.27. The van der Waals surface area contributed by atoms with E-state index in [4.69, 9.17) is 0 Å². The number of rotatable bonds is 7. The maximum Gasteiger partial charge on any atom is 0.246 e. The molecule has 0 aromatic heterocycles. The van der Waals surface area contributed by atoms with Crippen molar-refractivity contribution in [2.45, 2.75) is 30.7 Å². The fraction of sp³-hybridized carbons (Fsp3) is 0.300. The van der Waals surface area contributed by atoms with E-state index in [-0.39, 0.29) is 17.7 Å². The van der Waals surface area contributed by atoms with E-state index in [1.54, 1.807) is 11.8 Å². The minimum atomic E-state index is -0.392. The Kier molecular flexibility index (Phi) is 5.83. The lowest BCUT2D eigenvalue weighted by Crippen LogP contribution is -2.32. The molecule has 6 heteroatoms. The van der Waals surface area contributed by atoms with Crippen molar-refractivity contribution in [3.8, 4) is 0 Å². The van der Waals surface area contributed by atoms with E-state index >= 15 is 0 Å². The molecule has 0 heterocycles. The number of nitrogens with one attached hydrogen (secondary N) is 3. The van der Waals surface area contributed by atoms with Crippen molar-refractivity contribution in [3.05, 3.63) is 48.5 Å². The zero-order valence-corrected chi connectivity index (χ0v) is 15.7. The first kappa shape index (κ1) is 18.3. The minimum absolute atomic E-state index is 0.0888. The van der Waals surface area contributed by atoms with Crippen LogP contribution in [0.1, 0.15) is 19.8 Å². The van der Waals surface area contributed by atoms with Gasteiger partial charge in [-0.25, -0.2) is 0 Å². The van der Waals surface area contributed by atoms with E-state index in [9.17, 15) is 9.59 Å². The first-order valence-electron chi connectivity index (χ1n) is 8.68. The van der Waals surface area contributed by atoms with Gasteiger partial charge in [-0.2, -0.15) is 0 Å². The third-order valence-corrected chi connectivity index (χ3v) is 5.04. The average Bonchev–Trinajstić information content (AvgIpc) is 3.49. The highest BCUT2D eigenvalue weighted by Crippen LogP contribution is 2.30. The highest BCUT2D eigenvalue weighted by atomic mass is 32.2. The standard InChI is InChI=1S/C20H23N3O2S/c1-13(19(24)23-17-5-3-4-6-18(17)26-2)21-15-9-11-16(12-10-15)22-20(25)14-7-8-14/h3-6,9-14,21H,7-8H2,1-2H3,(H,22,25)(H,23,24). The van der Waals surface area contributed by atoms with Gasteiger partial charge in [0.15, 0.2) is 0 Å². The van der Waals surface area contributed by atoms with Crippen molar-refractivity contribution in [3.63, 3.8) is 0 Å². The number of amides is 2. The summed E-state index contributed by atoms with van der Waals surface area (Å²) in [7, 11) is 0. The molecular weight excluding hydrogens is 346 g/mol. The molecule has 1 unspecified atom stereocenters. The highest BCUT2D eigenvalue weighted by Gasteiger charge is 2.29. The van der Waals surface area contributed by atoms with Gasteiger partial charge in [0.1, 0.15) is 6.04 Å².